The lowest BCUT2D eigenvalue weighted by Gasteiger charge is -2.24. The van der Waals surface area contributed by atoms with Crippen LogP contribution in [0, 0.1) is 0 Å². The van der Waals surface area contributed by atoms with E-state index in [9.17, 15) is 31.2 Å². The number of hydrogen-bond acceptors (Lipinski definition) is 6. The van der Waals surface area contributed by atoms with Crippen LogP contribution in [0.15, 0.2) is 34.3 Å². The van der Waals surface area contributed by atoms with Crippen molar-refractivity contribution in [2.75, 3.05) is 6.54 Å². The first-order chi connectivity index (χ1) is 11.6. The number of halogens is 3. The van der Waals surface area contributed by atoms with Gasteiger partial charge in [-0.2, -0.15) is 13.2 Å². The fraction of sp³-hybridized carbons (Fsp3) is 0.308. The summed E-state index contributed by atoms with van der Waals surface area (Å²) in [6.45, 7) is -0.879. The third kappa shape index (κ3) is 4.74. The Hall–Kier alpha value is -2.05. The SMILES string of the molecule is O=C(CN(NS(=O)(=O)C(F)(F)F)C(=O)C1=CN=CCC1)c1cccs1. The van der Waals surface area contributed by atoms with Gasteiger partial charge in [0.25, 0.3) is 5.91 Å². The van der Waals surface area contributed by atoms with E-state index in [2.05, 4.69) is 4.99 Å². The molecule has 7 nitrogen and oxygen atoms in total. The molecule has 0 aromatic carbocycles. The second-order valence-corrected chi connectivity index (χ2v) is 7.46. The van der Waals surface area contributed by atoms with Crippen molar-refractivity contribution in [1.82, 2.24) is 9.84 Å². The predicted molar refractivity (Wildman–Crippen MR) is 84.3 cm³/mol. The van der Waals surface area contributed by atoms with Crippen molar-refractivity contribution in [3.05, 3.63) is 34.2 Å². The van der Waals surface area contributed by atoms with E-state index in [0.717, 1.165) is 22.4 Å². The molecule has 1 aliphatic heterocycles. The number of hydrogen-bond donors (Lipinski definition) is 1. The summed E-state index contributed by atoms with van der Waals surface area (Å²) in [7, 11) is -5.85. The number of ketones is 1. The van der Waals surface area contributed by atoms with Crippen molar-refractivity contribution in [3.8, 4) is 0 Å². The fourth-order valence-electron chi connectivity index (χ4n) is 1.84. The third-order valence-corrected chi connectivity index (χ3v) is 5.01. The van der Waals surface area contributed by atoms with Crippen LogP contribution in [-0.4, -0.2) is 43.4 Å². The van der Waals surface area contributed by atoms with Gasteiger partial charge in [0.1, 0.15) is 6.54 Å². The Morgan fingerprint density at radius 3 is 2.60 bits per heavy atom. The zero-order valence-electron chi connectivity index (χ0n) is 12.5. The largest absolute Gasteiger partial charge is 0.513 e. The van der Waals surface area contributed by atoms with E-state index in [0.29, 0.717) is 6.42 Å². The Balaban J connectivity index is 2.27. The summed E-state index contributed by atoms with van der Waals surface area (Å²) in [5.41, 5.74) is -5.64. The zero-order valence-corrected chi connectivity index (χ0v) is 14.1. The van der Waals surface area contributed by atoms with Crippen LogP contribution >= 0.6 is 11.3 Å². The predicted octanol–water partition coefficient (Wildman–Crippen LogP) is 1.86. The quantitative estimate of drug-likeness (QED) is 0.587. The summed E-state index contributed by atoms with van der Waals surface area (Å²) in [6.07, 6.45) is 3.16. The van der Waals surface area contributed by atoms with Crippen LogP contribution in [-0.2, 0) is 14.8 Å². The van der Waals surface area contributed by atoms with Crippen LogP contribution in [0.2, 0.25) is 0 Å². The number of alkyl halides is 3. The molecule has 12 heteroatoms. The summed E-state index contributed by atoms with van der Waals surface area (Å²) in [6, 6.07) is 2.96. The normalized spacial score (nSPS) is 14.9. The van der Waals surface area contributed by atoms with Crippen molar-refractivity contribution in [1.29, 1.82) is 0 Å². The molecule has 2 heterocycles. The maximum absolute atomic E-state index is 12.6. The molecule has 1 aromatic heterocycles. The summed E-state index contributed by atoms with van der Waals surface area (Å²) in [5, 5.41) is 1.72. The lowest BCUT2D eigenvalue weighted by Crippen LogP contribution is -2.52. The van der Waals surface area contributed by atoms with E-state index >= 15 is 0 Å². The maximum atomic E-state index is 12.6. The second kappa shape index (κ2) is 7.45. The highest BCUT2D eigenvalue weighted by Gasteiger charge is 2.47. The van der Waals surface area contributed by atoms with Gasteiger partial charge >= 0.3 is 15.5 Å². The molecule has 0 aliphatic carbocycles. The van der Waals surface area contributed by atoms with Crippen LogP contribution < -0.4 is 4.83 Å². The average Bonchev–Trinajstić information content (AvgIpc) is 3.07. The molecule has 1 aromatic rings. The molecule has 0 saturated heterocycles. The van der Waals surface area contributed by atoms with Gasteiger partial charge in [-0.3, -0.25) is 19.6 Å². The lowest BCUT2D eigenvalue weighted by atomic mass is 10.1. The van der Waals surface area contributed by atoms with Crippen LogP contribution in [0.25, 0.3) is 0 Å². The number of nitrogens with zero attached hydrogens (tertiary/aromatic N) is 2. The molecule has 25 heavy (non-hydrogen) atoms. The first-order valence-electron chi connectivity index (χ1n) is 6.80. The molecule has 0 fully saturated rings. The highest BCUT2D eigenvalue weighted by Crippen LogP contribution is 2.23. The Kier molecular flexibility index (Phi) is 5.75. The number of Topliss-reactive ketones (excluding diaryl/α,β-unsaturated/α-hetero) is 1. The number of amides is 1. The molecule has 0 bridgehead atoms. The van der Waals surface area contributed by atoms with Gasteiger partial charge in [0, 0.05) is 18.0 Å². The lowest BCUT2D eigenvalue weighted by molar-refractivity contribution is -0.128. The van der Waals surface area contributed by atoms with Gasteiger partial charge in [0.2, 0.25) is 0 Å². The Morgan fingerprint density at radius 2 is 2.08 bits per heavy atom. The van der Waals surface area contributed by atoms with E-state index in [4.69, 9.17) is 0 Å². The van der Waals surface area contributed by atoms with Crippen LogP contribution in [0.1, 0.15) is 22.5 Å². The molecule has 2 rings (SSSR count). The number of sulfonamides is 1. The fourth-order valence-corrected chi connectivity index (χ4v) is 3.04. The van der Waals surface area contributed by atoms with Gasteiger partial charge in [0.05, 0.1) is 4.88 Å². The molecule has 1 amide bonds. The van der Waals surface area contributed by atoms with Crippen molar-refractivity contribution >= 4 is 39.3 Å². The number of rotatable bonds is 6. The monoisotopic (exact) mass is 395 g/mol. The van der Waals surface area contributed by atoms with E-state index in [1.807, 2.05) is 0 Å². The standard InChI is InChI=1S/C13H12F3N3O4S2/c14-13(15,16)25(22,23)18-19(8-10(20)11-4-2-6-24-11)12(21)9-3-1-5-17-7-9/h2,4-7,18H,1,3,8H2. The summed E-state index contributed by atoms with van der Waals surface area (Å²) >= 11 is 1.02. The number of carbonyl (C=O) groups excluding carboxylic acids is 2. The molecule has 136 valence electrons. The maximum Gasteiger partial charge on any atom is 0.513 e. The second-order valence-electron chi connectivity index (χ2n) is 4.86. The van der Waals surface area contributed by atoms with Crippen LogP contribution in [0.4, 0.5) is 13.2 Å². The van der Waals surface area contributed by atoms with Crippen LogP contribution in [0.3, 0.4) is 0 Å². The van der Waals surface area contributed by atoms with E-state index in [1.165, 1.54) is 12.3 Å². The van der Waals surface area contributed by atoms with E-state index in [1.54, 1.807) is 11.4 Å². The van der Waals surface area contributed by atoms with Crippen molar-refractivity contribution in [2.24, 2.45) is 4.99 Å². The first kappa shape index (κ1) is 19.3. The summed E-state index contributed by atoms with van der Waals surface area (Å²) in [5.74, 6) is -1.76. The van der Waals surface area contributed by atoms with Gasteiger partial charge in [0.15, 0.2) is 5.78 Å². The molecular formula is C13H12F3N3O4S2. The Morgan fingerprint density at radius 1 is 1.36 bits per heavy atom. The first-order valence-corrected chi connectivity index (χ1v) is 9.16. The molecule has 1 aliphatic rings. The van der Waals surface area contributed by atoms with E-state index < -0.39 is 33.8 Å². The zero-order chi connectivity index (χ0) is 18.7. The molecule has 0 spiro atoms. The number of thiophene rings is 1. The van der Waals surface area contributed by atoms with Gasteiger partial charge < -0.3 is 0 Å². The Bertz CT molecular complexity index is 814. The topological polar surface area (TPSA) is 95.9 Å². The van der Waals surface area contributed by atoms with Crippen molar-refractivity contribution < 1.29 is 31.2 Å². The summed E-state index contributed by atoms with van der Waals surface area (Å²) < 4.78 is 60.5. The molecule has 1 N–H and O–H groups in total. The van der Waals surface area contributed by atoms with Gasteiger partial charge in [-0.25, -0.2) is 8.42 Å². The van der Waals surface area contributed by atoms with E-state index in [-0.39, 0.29) is 21.9 Å². The average molecular weight is 395 g/mol. The highest BCUT2D eigenvalue weighted by atomic mass is 32.2. The number of aliphatic imine (C=N–C) groups is 1. The van der Waals surface area contributed by atoms with Crippen molar-refractivity contribution in [2.45, 2.75) is 18.3 Å². The highest BCUT2D eigenvalue weighted by molar-refractivity contribution is 7.90. The molecule has 0 atom stereocenters. The minimum Gasteiger partial charge on any atom is -0.291 e. The summed E-state index contributed by atoms with van der Waals surface area (Å²) in [4.78, 5) is 29.5. The smallest absolute Gasteiger partial charge is 0.291 e. The Labute approximate surface area is 144 Å². The molecule has 0 saturated carbocycles. The molecular weight excluding hydrogens is 383 g/mol. The molecule has 0 unspecified atom stereocenters. The van der Waals surface area contributed by atoms with Gasteiger partial charge in [-0.15, -0.1) is 16.2 Å². The van der Waals surface area contributed by atoms with Gasteiger partial charge in [-0.1, -0.05) is 6.07 Å². The number of carbonyl (C=O) groups is 2. The minimum absolute atomic E-state index is 0.00801. The minimum atomic E-state index is -5.85. The van der Waals surface area contributed by atoms with Crippen LogP contribution in [0.5, 0.6) is 0 Å². The number of nitrogens with one attached hydrogen (secondary N) is 1. The third-order valence-electron chi connectivity index (χ3n) is 3.03. The molecule has 0 radical (unpaired) electrons. The number of hydrazine groups is 1. The van der Waals surface area contributed by atoms with Gasteiger partial charge in [-0.05, 0) is 24.3 Å². The van der Waals surface area contributed by atoms with Crippen molar-refractivity contribution in [3.63, 3.8) is 0 Å².